The SMILES string of the molecule is CC(C)(C)c1[c-]cccc1I.C[NH+](C)C. The highest BCUT2D eigenvalue weighted by molar-refractivity contribution is 14.1. The van der Waals surface area contributed by atoms with E-state index in [1.165, 1.54) is 14.0 Å². The van der Waals surface area contributed by atoms with E-state index in [0.717, 1.165) is 0 Å². The summed E-state index contributed by atoms with van der Waals surface area (Å²) in [5, 5.41) is 0. The largest absolute Gasteiger partial charge is 0.342 e. The van der Waals surface area contributed by atoms with Crippen molar-refractivity contribution in [2.24, 2.45) is 0 Å². The molecule has 2 heteroatoms. The van der Waals surface area contributed by atoms with E-state index in [0.29, 0.717) is 0 Å². The van der Waals surface area contributed by atoms with Crippen LogP contribution in [0.4, 0.5) is 0 Å². The number of hydrogen-bond acceptors (Lipinski definition) is 0. The van der Waals surface area contributed by atoms with Gasteiger partial charge in [0.05, 0.1) is 21.1 Å². The third-order valence-corrected chi connectivity index (χ3v) is 2.45. The van der Waals surface area contributed by atoms with Crippen LogP contribution in [0.15, 0.2) is 18.2 Å². The van der Waals surface area contributed by atoms with Gasteiger partial charge in [0.15, 0.2) is 0 Å². The molecule has 1 aromatic carbocycles. The van der Waals surface area contributed by atoms with Crippen molar-refractivity contribution in [2.45, 2.75) is 26.2 Å². The Morgan fingerprint density at radius 1 is 1.20 bits per heavy atom. The minimum atomic E-state index is 0.220. The lowest BCUT2D eigenvalue weighted by atomic mass is 9.87. The minimum Gasteiger partial charge on any atom is -0.342 e. The van der Waals surface area contributed by atoms with Crippen molar-refractivity contribution in [3.05, 3.63) is 33.4 Å². The van der Waals surface area contributed by atoms with Crippen LogP contribution >= 0.6 is 22.6 Å². The second-order valence-electron chi connectivity index (χ2n) is 5.14. The molecule has 1 N–H and O–H groups in total. The molecule has 0 spiro atoms. The first kappa shape index (κ1) is 14.9. The molecule has 1 aromatic rings. The van der Waals surface area contributed by atoms with Crippen molar-refractivity contribution in [2.75, 3.05) is 21.1 Å². The number of halogens is 1. The number of benzene rings is 1. The van der Waals surface area contributed by atoms with Gasteiger partial charge in [0.1, 0.15) is 0 Å². The van der Waals surface area contributed by atoms with Crippen LogP contribution in [-0.2, 0) is 5.41 Å². The summed E-state index contributed by atoms with van der Waals surface area (Å²) in [6.45, 7) is 6.63. The van der Waals surface area contributed by atoms with Crippen molar-refractivity contribution in [3.8, 4) is 0 Å². The van der Waals surface area contributed by atoms with Crippen molar-refractivity contribution in [3.63, 3.8) is 0 Å². The number of hydrogen-bond donors (Lipinski definition) is 1. The fourth-order valence-corrected chi connectivity index (χ4v) is 2.16. The summed E-state index contributed by atoms with van der Waals surface area (Å²) in [4.78, 5) is 1.42. The van der Waals surface area contributed by atoms with Gasteiger partial charge in [0.2, 0.25) is 0 Å². The maximum absolute atomic E-state index is 3.27. The average molecular weight is 319 g/mol. The van der Waals surface area contributed by atoms with Crippen molar-refractivity contribution < 1.29 is 4.90 Å². The summed E-state index contributed by atoms with van der Waals surface area (Å²) in [5.74, 6) is 0. The van der Waals surface area contributed by atoms with Gasteiger partial charge < -0.3 is 4.90 Å². The summed E-state index contributed by atoms with van der Waals surface area (Å²) >= 11 is 2.35. The standard InChI is InChI=1S/C10H12I.C3H9N/c1-10(2,3)8-6-4-5-7-9(8)11;1-4(2)3/h4-5,7H,1-3H3;1-3H3/q-1;/p+1. The Hall–Kier alpha value is -0.0900. The normalized spacial score (nSPS) is 10.9. The molecule has 0 amide bonds. The Morgan fingerprint density at radius 3 is 1.93 bits per heavy atom. The monoisotopic (exact) mass is 319 g/mol. The van der Waals surface area contributed by atoms with Crippen LogP contribution in [0.5, 0.6) is 0 Å². The van der Waals surface area contributed by atoms with E-state index in [2.05, 4.69) is 76.6 Å². The van der Waals surface area contributed by atoms with Gasteiger partial charge in [0.25, 0.3) is 0 Å². The van der Waals surface area contributed by atoms with Crippen molar-refractivity contribution >= 4 is 22.6 Å². The number of nitrogens with one attached hydrogen (secondary N) is 1. The first-order valence-corrected chi connectivity index (χ1v) is 6.26. The molecule has 1 nitrogen and oxygen atoms in total. The van der Waals surface area contributed by atoms with Gasteiger partial charge in [-0.2, -0.15) is 24.3 Å². The zero-order valence-electron chi connectivity index (χ0n) is 10.6. The van der Waals surface area contributed by atoms with Crippen LogP contribution in [0, 0.1) is 9.64 Å². The van der Waals surface area contributed by atoms with Crippen molar-refractivity contribution in [1.29, 1.82) is 0 Å². The van der Waals surface area contributed by atoms with Crippen LogP contribution in [0.25, 0.3) is 0 Å². The highest BCUT2D eigenvalue weighted by Gasteiger charge is 2.09. The molecule has 0 radical (unpaired) electrons. The molecule has 86 valence electrons. The smallest absolute Gasteiger partial charge is 0.0661 e. The third-order valence-electron chi connectivity index (χ3n) is 1.56. The molecule has 0 unspecified atom stereocenters. The Bertz CT molecular complexity index is 284. The highest BCUT2D eigenvalue weighted by atomic mass is 127. The Labute approximate surface area is 108 Å². The summed E-state index contributed by atoms with van der Waals surface area (Å²) < 4.78 is 1.30. The first-order valence-electron chi connectivity index (χ1n) is 5.18. The molecule has 0 aliphatic rings. The van der Waals surface area contributed by atoms with Crippen LogP contribution in [0.3, 0.4) is 0 Å². The number of quaternary nitrogens is 1. The molecule has 0 saturated carbocycles. The van der Waals surface area contributed by atoms with E-state index in [1.54, 1.807) is 0 Å². The van der Waals surface area contributed by atoms with Crippen LogP contribution in [0.1, 0.15) is 26.3 Å². The summed E-state index contributed by atoms with van der Waals surface area (Å²) in [5.41, 5.74) is 1.53. The summed E-state index contributed by atoms with van der Waals surface area (Å²) in [6.07, 6.45) is 0. The molecule has 0 aliphatic carbocycles. The van der Waals surface area contributed by atoms with Gasteiger partial charge in [0, 0.05) is 0 Å². The molecule has 0 aliphatic heterocycles. The molecule has 15 heavy (non-hydrogen) atoms. The quantitative estimate of drug-likeness (QED) is 0.552. The van der Waals surface area contributed by atoms with Gasteiger partial charge in [-0.15, -0.1) is 28.2 Å². The first-order chi connectivity index (χ1) is 6.75. The zero-order chi connectivity index (χ0) is 12.1. The second kappa shape index (κ2) is 6.48. The van der Waals surface area contributed by atoms with Gasteiger partial charge in [-0.3, -0.25) is 0 Å². The van der Waals surface area contributed by atoms with E-state index >= 15 is 0 Å². The molecule has 0 saturated heterocycles. The summed E-state index contributed by atoms with van der Waals surface area (Å²) in [6, 6.07) is 9.39. The Kier molecular flexibility index (Phi) is 6.44. The zero-order valence-corrected chi connectivity index (χ0v) is 12.8. The number of rotatable bonds is 0. The van der Waals surface area contributed by atoms with Crippen LogP contribution < -0.4 is 4.90 Å². The van der Waals surface area contributed by atoms with E-state index in [1.807, 2.05) is 12.1 Å². The molecule has 0 heterocycles. The molecule has 0 atom stereocenters. The third kappa shape index (κ3) is 6.90. The van der Waals surface area contributed by atoms with E-state index in [-0.39, 0.29) is 5.41 Å². The second-order valence-corrected chi connectivity index (χ2v) is 6.31. The molecular formula is C13H22IN. The molecule has 0 fully saturated rings. The Morgan fingerprint density at radius 2 is 1.67 bits per heavy atom. The lowest BCUT2D eigenvalue weighted by Crippen LogP contribution is -3.02. The molecule has 1 rings (SSSR count). The van der Waals surface area contributed by atoms with E-state index in [4.69, 9.17) is 0 Å². The van der Waals surface area contributed by atoms with Gasteiger partial charge >= 0.3 is 0 Å². The van der Waals surface area contributed by atoms with Gasteiger partial charge in [-0.05, 0) is 5.41 Å². The fraction of sp³-hybridized carbons (Fsp3) is 0.538. The Balaban J connectivity index is 0.000000423. The van der Waals surface area contributed by atoms with E-state index in [9.17, 15) is 0 Å². The van der Waals surface area contributed by atoms with Crippen molar-refractivity contribution in [1.82, 2.24) is 0 Å². The highest BCUT2D eigenvalue weighted by Crippen LogP contribution is 2.25. The fourth-order valence-electron chi connectivity index (χ4n) is 0.991. The predicted molar refractivity (Wildman–Crippen MR) is 75.4 cm³/mol. The average Bonchev–Trinajstić information content (AvgIpc) is 2.01. The molecule has 0 bridgehead atoms. The van der Waals surface area contributed by atoms with Gasteiger partial charge in [-0.25, -0.2) is 0 Å². The summed E-state index contributed by atoms with van der Waals surface area (Å²) in [7, 11) is 6.25. The minimum absolute atomic E-state index is 0.220. The van der Waals surface area contributed by atoms with E-state index < -0.39 is 0 Å². The topological polar surface area (TPSA) is 4.44 Å². The lowest BCUT2D eigenvalue weighted by Gasteiger charge is -2.26. The predicted octanol–water partition coefficient (Wildman–Crippen LogP) is 2.15. The van der Waals surface area contributed by atoms with Gasteiger partial charge in [-0.1, -0.05) is 24.3 Å². The lowest BCUT2D eigenvalue weighted by molar-refractivity contribution is -0.836. The maximum Gasteiger partial charge on any atom is 0.0661 e. The van der Waals surface area contributed by atoms with Crippen LogP contribution in [0.2, 0.25) is 0 Å². The molecule has 0 aromatic heterocycles. The molecular weight excluding hydrogens is 297 g/mol. The van der Waals surface area contributed by atoms with Crippen LogP contribution in [-0.4, -0.2) is 21.1 Å². The maximum atomic E-state index is 3.27.